The number of hydrogen-bond acceptors (Lipinski definition) is 3. The summed E-state index contributed by atoms with van der Waals surface area (Å²) >= 11 is 0. The number of anilines is 1. The number of nitrogens with zero attached hydrogens (tertiary/aromatic N) is 1. The summed E-state index contributed by atoms with van der Waals surface area (Å²) in [5.41, 5.74) is 8.28. The minimum atomic E-state index is 0.111. The van der Waals surface area contributed by atoms with Crippen LogP contribution in [0.3, 0.4) is 0 Å². The smallest absolute Gasteiger partial charge is 0.0762 e. The van der Waals surface area contributed by atoms with E-state index in [1.807, 2.05) is 6.92 Å². The highest BCUT2D eigenvalue weighted by atomic mass is 16.5. The lowest BCUT2D eigenvalue weighted by Crippen LogP contribution is -2.22. The molecule has 1 heterocycles. The molecular formula is C13H20N2O. The molecule has 1 saturated heterocycles. The largest absolute Gasteiger partial charge is 0.380 e. The molecule has 1 aliphatic rings. The standard InChI is InChI=1S/C13H20N2O/c1-10(14)11-3-5-12(6-4-11)15-8-7-13(9-15)16-2/h3-6,10,13H,7-9,14H2,1-2H3/t10-,13?/m1/s1. The second-order valence-electron chi connectivity index (χ2n) is 4.47. The van der Waals surface area contributed by atoms with Gasteiger partial charge in [-0.15, -0.1) is 0 Å². The molecule has 1 aliphatic heterocycles. The molecule has 0 aromatic heterocycles. The SMILES string of the molecule is COC1CCN(c2ccc([C@@H](C)N)cc2)C1. The van der Waals surface area contributed by atoms with Crippen molar-refractivity contribution in [2.24, 2.45) is 5.73 Å². The first-order chi connectivity index (χ1) is 7.70. The average molecular weight is 220 g/mol. The summed E-state index contributed by atoms with van der Waals surface area (Å²) in [4.78, 5) is 2.36. The van der Waals surface area contributed by atoms with E-state index in [0.717, 1.165) is 19.5 Å². The summed E-state index contributed by atoms with van der Waals surface area (Å²) in [5, 5.41) is 0. The van der Waals surface area contributed by atoms with Gasteiger partial charge >= 0.3 is 0 Å². The van der Waals surface area contributed by atoms with Gasteiger partial charge in [-0.1, -0.05) is 12.1 Å². The maximum absolute atomic E-state index is 5.83. The Morgan fingerprint density at radius 1 is 1.38 bits per heavy atom. The van der Waals surface area contributed by atoms with Crippen molar-refractivity contribution >= 4 is 5.69 Å². The molecule has 1 fully saturated rings. The minimum Gasteiger partial charge on any atom is -0.380 e. The molecule has 0 saturated carbocycles. The van der Waals surface area contributed by atoms with Crippen LogP contribution in [0, 0.1) is 0 Å². The monoisotopic (exact) mass is 220 g/mol. The first kappa shape index (κ1) is 11.4. The van der Waals surface area contributed by atoms with Crippen LogP contribution in [0.1, 0.15) is 24.9 Å². The zero-order valence-electron chi connectivity index (χ0n) is 10.0. The topological polar surface area (TPSA) is 38.5 Å². The molecule has 3 heteroatoms. The van der Waals surface area contributed by atoms with Crippen molar-refractivity contribution < 1.29 is 4.74 Å². The van der Waals surface area contributed by atoms with Gasteiger partial charge in [0.1, 0.15) is 0 Å². The van der Waals surface area contributed by atoms with Crippen LogP contribution in [0.4, 0.5) is 5.69 Å². The van der Waals surface area contributed by atoms with Gasteiger partial charge in [-0.25, -0.2) is 0 Å². The van der Waals surface area contributed by atoms with E-state index in [2.05, 4.69) is 29.2 Å². The number of nitrogens with two attached hydrogens (primary N) is 1. The normalized spacial score (nSPS) is 22.4. The Labute approximate surface area is 97.2 Å². The molecule has 0 spiro atoms. The molecule has 0 radical (unpaired) electrons. The van der Waals surface area contributed by atoms with Crippen molar-refractivity contribution in [3.8, 4) is 0 Å². The predicted molar refractivity (Wildman–Crippen MR) is 66.7 cm³/mol. The fourth-order valence-corrected chi connectivity index (χ4v) is 2.14. The molecule has 0 amide bonds. The molecule has 1 unspecified atom stereocenters. The third-order valence-corrected chi connectivity index (χ3v) is 3.26. The van der Waals surface area contributed by atoms with Gasteiger partial charge in [0, 0.05) is 31.9 Å². The number of methoxy groups -OCH3 is 1. The molecule has 2 atom stereocenters. The highest BCUT2D eigenvalue weighted by Crippen LogP contribution is 2.23. The van der Waals surface area contributed by atoms with Crippen molar-refractivity contribution in [1.29, 1.82) is 0 Å². The number of rotatable bonds is 3. The molecule has 0 bridgehead atoms. The molecule has 3 nitrogen and oxygen atoms in total. The van der Waals surface area contributed by atoms with E-state index < -0.39 is 0 Å². The second-order valence-corrected chi connectivity index (χ2v) is 4.47. The average Bonchev–Trinajstić information content (AvgIpc) is 2.77. The van der Waals surface area contributed by atoms with E-state index >= 15 is 0 Å². The van der Waals surface area contributed by atoms with Crippen molar-refractivity contribution in [2.45, 2.75) is 25.5 Å². The molecule has 88 valence electrons. The third-order valence-electron chi connectivity index (χ3n) is 3.26. The summed E-state index contributed by atoms with van der Waals surface area (Å²) in [7, 11) is 1.79. The highest BCUT2D eigenvalue weighted by molar-refractivity contribution is 5.49. The van der Waals surface area contributed by atoms with Gasteiger partial charge in [0.05, 0.1) is 6.10 Å². The van der Waals surface area contributed by atoms with Crippen LogP contribution < -0.4 is 10.6 Å². The summed E-state index contributed by atoms with van der Waals surface area (Å²) < 4.78 is 5.36. The van der Waals surface area contributed by atoms with Gasteiger partial charge in [-0.05, 0) is 31.0 Å². The minimum absolute atomic E-state index is 0.111. The quantitative estimate of drug-likeness (QED) is 0.846. The van der Waals surface area contributed by atoms with E-state index in [4.69, 9.17) is 10.5 Å². The molecule has 16 heavy (non-hydrogen) atoms. The molecule has 0 aliphatic carbocycles. The summed E-state index contributed by atoms with van der Waals surface area (Å²) in [6.45, 7) is 4.08. The Bertz CT molecular complexity index is 334. The van der Waals surface area contributed by atoms with E-state index in [0.29, 0.717) is 6.10 Å². The first-order valence-electron chi connectivity index (χ1n) is 5.84. The molecule has 2 rings (SSSR count). The Kier molecular flexibility index (Phi) is 3.46. The zero-order valence-corrected chi connectivity index (χ0v) is 10.0. The van der Waals surface area contributed by atoms with Crippen LogP contribution in [0.25, 0.3) is 0 Å². The number of ether oxygens (including phenoxy) is 1. The predicted octanol–water partition coefficient (Wildman–Crippen LogP) is 1.93. The van der Waals surface area contributed by atoms with Gasteiger partial charge in [-0.3, -0.25) is 0 Å². The van der Waals surface area contributed by atoms with Crippen molar-refractivity contribution in [3.63, 3.8) is 0 Å². The Morgan fingerprint density at radius 2 is 2.06 bits per heavy atom. The lowest BCUT2D eigenvalue weighted by atomic mass is 10.1. The van der Waals surface area contributed by atoms with Gasteiger partial charge < -0.3 is 15.4 Å². The fraction of sp³-hybridized carbons (Fsp3) is 0.538. The van der Waals surface area contributed by atoms with E-state index in [1.165, 1.54) is 11.3 Å². The Balaban J connectivity index is 2.05. The molecule has 2 N–H and O–H groups in total. The summed E-state index contributed by atoms with van der Waals surface area (Å²) in [6.07, 6.45) is 1.50. The maximum atomic E-state index is 5.83. The fourth-order valence-electron chi connectivity index (χ4n) is 2.14. The molecule has 1 aromatic rings. The van der Waals surface area contributed by atoms with E-state index in [-0.39, 0.29) is 6.04 Å². The lowest BCUT2D eigenvalue weighted by molar-refractivity contribution is 0.121. The lowest BCUT2D eigenvalue weighted by Gasteiger charge is -2.19. The second kappa shape index (κ2) is 4.85. The van der Waals surface area contributed by atoms with Crippen LogP contribution in [-0.2, 0) is 4.74 Å². The van der Waals surface area contributed by atoms with Crippen LogP contribution in [0.2, 0.25) is 0 Å². The van der Waals surface area contributed by atoms with Gasteiger partial charge in [-0.2, -0.15) is 0 Å². The maximum Gasteiger partial charge on any atom is 0.0762 e. The van der Waals surface area contributed by atoms with Gasteiger partial charge in [0.2, 0.25) is 0 Å². The van der Waals surface area contributed by atoms with Gasteiger partial charge in [0.15, 0.2) is 0 Å². The van der Waals surface area contributed by atoms with Crippen LogP contribution in [0.15, 0.2) is 24.3 Å². The summed E-state index contributed by atoms with van der Waals surface area (Å²) in [5.74, 6) is 0. The summed E-state index contributed by atoms with van der Waals surface area (Å²) in [6, 6.07) is 8.63. The highest BCUT2D eigenvalue weighted by Gasteiger charge is 2.21. The Morgan fingerprint density at radius 3 is 2.56 bits per heavy atom. The van der Waals surface area contributed by atoms with Crippen molar-refractivity contribution in [3.05, 3.63) is 29.8 Å². The number of hydrogen-bond donors (Lipinski definition) is 1. The van der Waals surface area contributed by atoms with Crippen molar-refractivity contribution in [1.82, 2.24) is 0 Å². The number of benzene rings is 1. The molecule has 1 aromatic carbocycles. The van der Waals surface area contributed by atoms with Gasteiger partial charge in [0.25, 0.3) is 0 Å². The van der Waals surface area contributed by atoms with Crippen LogP contribution in [0.5, 0.6) is 0 Å². The van der Waals surface area contributed by atoms with Crippen molar-refractivity contribution in [2.75, 3.05) is 25.1 Å². The van der Waals surface area contributed by atoms with Crippen LogP contribution in [-0.4, -0.2) is 26.3 Å². The van der Waals surface area contributed by atoms with Crippen LogP contribution >= 0.6 is 0 Å². The van der Waals surface area contributed by atoms with E-state index in [1.54, 1.807) is 7.11 Å². The first-order valence-corrected chi connectivity index (χ1v) is 5.84. The molecular weight excluding hydrogens is 200 g/mol. The zero-order chi connectivity index (χ0) is 11.5. The van der Waals surface area contributed by atoms with E-state index in [9.17, 15) is 0 Å². The third kappa shape index (κ3) is 2.36. The Hall–Kier alpha value is -1.06.